The van der Waals surface area contributed by atoms with E-state index < -0.39 is 10.0 Å². The summed E-state index contributed by atoms with van der Waals surface area (Å²) in [7, 11) is -0.164. The van der Waals surface area contributed by atoms with Crippen LogP contribution >= 0.6 is 0 Å². The Kier molecular flexibility index (Phi) is 5.73. The number of carbonyl (C=O) groups is 1. The number of benzene rings is 1. The molecule has 0 spiro atoms. The molecule has 25 heavy (non-hydrogen) atoms. The van der Waals surface area contributed by atoms with E-state index >= 15 is 0 Å². The molecule has 2 aromatic rings. The van der Waals surface area contributed by atoms with Gasteiger partial charge in [0.2, 0.25) is 10.0 Å². The van der Waals surface area contributed by atoms with Crippen molar-refractivity contribution in [1.82, 2.24) is 4.90 Å². The Morgan fingerprint density at radius 3 is 2.28 bits per heavy atom. The van der Waals surface area contributed by atoms with Crippen molar-refractivity contribution in [2.24, 2.45) is 0 Å². The third kappa shape index (κ3) is 5.25. The second-order valence-electron chi connectivity index (χ2n) is 5.78. The van der Waals surface area contributed by atoms with E-state index in [1.165, 1.54) is 16.3 Å². The molecule has 7 nitrogen and oxygen atoms in total. The zero-order chi connectivity index (χ0) is 18.6. The highest BCUT2D eigenvalue weighted by Crippen LogP contribution is 2.20. The zero-order valence-electron chi connectivity index (χ0n) is 14.7. The number of rotatable bonds is 7. The molecule has 136 valence electrons. The van der Waals surface area contributed by atoms with Crippen LogP contribution in [0.4, 0.5) is 5.69 Å². The van der Waals surface area contributed by atoms with Crippen LogP contribution in [0.3, 0.4) is 0 Å². The van der Waals surface area contributed by atoms with Gasteiger partial charge in [0.25, 0.3) is 5.91 Å². The number of furan rings is 1. The third-order valence-electron chi connectivity index (χ3n) is 3.67. The number of sulfonamides is 1. The van der Waals surface area contributed by atoms with Crippen molar-refractivity contribution >= 4 is 21.6 Å². The minimum absolute atomic E-state index is 0.114. The molecule has 0 aliphatic rings. The van der Waals surface area contributed by atoms with Gasteiger partial charge >= 0.3 is 0 Å². The minimum atomic E-state index is -3.31. The Balaban J connectivity index is 1.89. The first-order valence-corrected chi connectivity index (χ1v) is 9.47. The first-order valence-electron chi connectivity index (χ1n) is 7.63. The highest BCUT2D eigenvalue weighted by Gasteiger charge is 2.14. The number of likely N-dealkylation sites (N-methyl/N-ethyl adjacent to an activating group) is 1. The lowest BCUT2D eigenvalue weighted by Crippen LogP contribution is -2.30. The highest BCUT2D eigenvalue weighted by molar-refractivity contribution is 7.92. The molecule has 0 aliphatic heterocycles. The van der Waals surface area contributed by atoms with Crippen LogP contribution in [0.1, 0.15) is 11.5 Å². The fourth-order valence-electron chi connectivity index (χ4n) is 2.09. The number of amides is 1. The van der Waals surface area contributed by atoms with Gasteiger partial charge in [-0.05, 0) is 43.3 Å². The Morgan fingerprint density at radius 2 is 1.76 bits per heavy atom. The van der Waals surface area contributed by atoms with Crippen LogP contribution in [0.2, 0.25) is 0 Å². The summed E-state index contributed by atoms with van der Waals surface area (Å²) in [5.74, 6) is 1.81. The molecule has 0 N–H and O–H groups in total. The number of aryl methyl sites for hydroxylation is 1. The Labute approximate surface area is 147 Å². The average molecular weight is 366 g/mol. The largest absolute Gasteiger partial charge is 0.484 e. The van der Waals surface area contributed by atoms with Crippen molar-refractivity contribution in [2.75, 3.05) is 31.3 Å². The van der Waals surface area contributed by atoms with Crippen LogP contribution in [0.25, 0.3) is 0 Å². The van der Waals surface area contributed by atoms with E-state index in [1.807, 2.05) is 19.1 Å². The van der Waals surface area contributed by atoms with E-state index in [4.69, 9.17) is 9.15 Å². The summed E-state index contributed by atoms with van der Waals surface area (Å²) in [6.45, 7) is 2.10. The monoisotopic (exact) mass is 366 g/mol. The molecule has 0 atom stereocenters. The summed E-state index contributed by atoms with van der Waals surface area (Å²) in [4.78, 5) is 13.6. The molecule has 0 aliphatic carbocycles. The van der Waals surface area contributed by atoms with Gasteiger partial charge in [-0.2, -0.15) is 0 Å². The summed E-state index contributed by atoms with van der Waals surface area (Å²) in [5.41, 5.74) is 0.520. The number of carbonyl (C=O) groups excluding carboxylic acids is 1. The second kappa shape index (κ2) is 7.60. The topological polar surface area (TPSA) is 80.1 Å². The Bertz CT molecular complexity index is 827. The average Bonchev–Trinajstić information content (AvgIpc) is 2.96. The number of nitrogens with zero attached hydrogens (tertiary/aromatic N) is 2. The molecule has 0 fully saturated rings. The van der Waals surface area contributed by atoms with Gasteiger partial charge in [0, 0.05) is 14.1 Å². The summed E-state index contributed by atoms with van der Waals surface area (Å²) < 4.78 is 35.1. The van der Waals surface area contributed by atoms with Crippen LogP contribution in [0, 0.1) is 6.92 Å². The van der Waals surface area contributed by atoms with E-state index in [2.05, 4.69) is 0 Å². The molecule has 1 aromatic carbocycles. The molecular formula is C17H22N2O5S. The van der Waals surface area contributed by atoms with Crippen LogP contribution in [0.15, 0.2) is 40.8 Å². The minimum Gasteiger partial charge on any atom is -0.484 e. The normalized spacial score (nSPS) is 11.2. The molecular weight excluding hydrogens is 344 g/mol. The number of ether oxygens (including phenoxy) is 1. The van der Waals surface area contributed by atoms with Gasteiger partial charge < -0.3 is 14.1 Å². The van der Waals surface area contributed by atoms with Crippen molar-refractivity contribution in [1.29, 1.82) is 0 Å². The molecule has 1 aromatic heterocycles. The lowest BCUT2D eigenvalue weighted by atomic mass is 10.3. The summed E-state index contributed by atoms with van der Waals surface area (Å²) >= 11 is 0. The molecule has 2 rings (SSSR count). The lowest BCUT2D eigenvalue weighted by molar-refractivity contribution is -0.132. The van der Waals surface area contributed by atoms with Crippen LogP contribution < -0.4 is 9.04 Å². The van der Waals surface area contributed by atoms with Gasteiger partial charge in [-0.3, -0.25) is 9.10 Å². The van der Waals surface area contributed by atoms with E-state index in [9.17, 15) is 13.2 Å². The quantitative estimate of drug-likeness (QED) is 0.749. The fraction of sp³-hybridized carbons (Fsp3) is 0.353. The van der Waals surface area contributed by atoms with Crippen molar-refractivity contribution in [3.63, 3.8) is 0 Å². The summed E-state index contributed by atoms with van der Waals surface area (Å²) in [6, 6.07) is 10.2. The Morgan fingerprint density at radius 1 is 1.12 bits per heavy atom. The van der Waals surface area contributed by atoms with Gasteiger partial charge in [0.05, 0.1) is 18.5 Å². The SMILES string of the molecule is Cc1ccc(CN(C)C(=O)COc2ccc(N(C)S(C)(=O)=O)cc2)o1. The van der Waals surface area contributed by atoms with Crippen LogP contribution in [-0.4, -0.2) is 46.2 Å². The smallest absolute Gasteiger partial charge is 0.260 e. The second-order valence-corrected chi connectivity index (χ2v) is 7.79. The molecule has 0 unspecified atom stereocenters. The standard InChI is InChI=1S/C17H22N2O5S/c1-13-5-8-16(24-13)11-18(2)17(20)12-23-15-9-6-14(7-10-15)19(3)25(4,21)22/h5-10H,11-12H2,1-4H3. The third-order valence-corrected chi connectivity index (χ3v) is 4.88. The predicted molar refractivity (Wildman–Crippen MR) is 95.1 cm³/mol. The van der Waals surface area contributed by atoms with Gasteiger partial charge in [-0.15, -0.1) is 0 Å². The van der Waals surface area contributed by atoms with Gasteiger partial charge in [-0.1, -0.05) is 0 Å². The number of hydrogen-bond acceptors (Lipinski definition) is 5. The molecule has 0 saturated heterocycles. The molecule has 0 bridgehead atoms. The zero-order valence-corrected chi connectivity index (χ0v) is 15.5. The van der Waals surface area contributed by atoms with E-state index in [0.717, 1.165) is 12.0 Å². The maximum Gasteiger partial charge on any atom is 0.260 e. The van der Waals surface area contributed by atoms with E-state index in [1.54, 1.807) is 31.3 Å². The fourth-order valence-corrected chi connectivity index (χ4v) is 2.60. The maximum atomic E-state index is 12.1. The molecule has 0 saturated carbocycles. The summed E-state index contributed by atoms with van der Waals surface area (Å²) in [6.07, 6.45) is 1.13. The highest BCUT2D eigenvalue weighted by atomic mass is 32.2. The predicted octanol–water partition coefficient (Wildman–Crippen LogP) is 2.02. The van der Waals surface area contributed by atoms with E-state index in [-0.39, 0.29) is 12.5 Å². The summed E-state index contributed by atoms with van der Waals surface area (Å²) in [5, 5.41) is 0. The van der Waals surface area contributed by atoms with Crippen molar-refractivity contribution in [3.05, 3.63) is 47.9 Å². The van der Waals surface area contributed by atoms with Gasteiger partial charge in [0.15, 0.2) is 6.61 Å². The number of hydrogen-bond donors (Lipinski definition) is 0. The van der Waals surface area contributed by atoms with Crippen LogP contribution in [0.5, 0.6) is 5.75 Å². The van der Waals surface area contributed by atoms with Crippen molar-refractivity contribution in [3.8, 4) is 5.75 Å². The Hall–Kier alpha value is -2.48. The molecule has 8 heteroatoms. The first kappa shape index (κ1) is 18.9. The van der Waals surface area contributed by atoms with Crippen LogP contribution in [-0.2, 0) is 21.4 Å². The lowest BCUT2D eigenvalue weighted by Gasteiger charge is -2.18. The van der Waals surface area contributed by atoms with E-state index in [0.29, 0.717) is 23.7 Å². The van der Waals surface area contributed by atoms with Crippen molar-refractivity contribution in [2.45, 2.75) is 13.5 Å². The van der Waals surface area contributed by atoms with Gasteiger partial charge in [-0.25, -0.2) is 8.42 Å². The maximum absolute atomic E-state index is 12.1. The van der Waals surface area contributed by atoms with Crippen molar-refractivity contribution < 1.29 is 22.4 Å². The number of anilines is 1. The molecule has 1 amide bonds. The molecule has 0 radical (unpaired) electrons. The molecule has 1 heterocycles. The first-order chi connectivity index (χ1) is 11.7. The van der Waals surface area contributed by atoms with Gasteiger partial charge in [0.1, 0.15) is 17.3 Å².